The van der Waals surface area contributed by atoms with Gasteiger partial charge in [-0.3, -0.25) is 4.79 Å². The van der Waals surface area contributed by atoms with Crippen LogP contribution in [0.1, 0.15) is 30.1 Å². The van der Waals surface area contributed by atoms with Gasteiger partial charge < -0.3 is 5.32 Å². The molecule has 0 bridgehead atoms. The highest BCUT2D eigenvalue weighted by molar-refractivity contribution is 7.98. The molecular weight excluding hydrogens is 266 g/mol. The second-order valence-electron chi connectivity index (χ2n) is 4.19. The van der Waals surface area contributed by atoms with E-state index in [-0.39, 0.29) is 5.91 Å². The van der Waals surface area contributed by atoms with Crippen LogP contribution in [0.3, 0.4) is 0 Å². The Balaban J connectivity index is 2.48. The lowest BCUT2D eigenvalue weighted by Gasteiger charge is -2.14. The fraction of sp³-hybridized carbons (Fsp3) is 0.500. The normalized spacial score (nSPS) is 12.2. The molecule has 0 aliphatic carbocycles. The van der Waals surface area contributed by atoms with E-state index in [1.165, 1.54) is 4.90 Å². The first kappa shape index (κ1) is 15.4. The Morgan fingerprint density at radius 1 is 1.39 bits per heavy atom. The number of carbonyl (C=O) groups excluding carboxylic acids is 1. The van der Waals surface area contributed by atoms with Crippen LogP contribution in [0.15, 0.2) is 29.2 Å². The summed E-state index contributed by atoms with van der Waals surface area (Å²) < 4.78 is 0. The molecule has 0 spiro atoms. The second kappa shape index (κ2) is 8.44. The Morgan fingerprint density at radius 2 is 2.06 bits per heavy atom. The van der Waals surface area contributed by atoms with Crippen molar-refractivity contribution in [1.82, 2.24) is 5.32 Å². The van der Waals surface area contributed by atoms with Gasteiger partial charge in [-0.2, -0.15) is 0 Å². The predicted octanol–water partition coefficient (Wildman–Crippen LogP) is 3.79. The second-order valence-corrected chi connectivity index (χ2v) is 5.45. The van der Waals surface area contributed by atoms with E-state index >= 15 is 0 Å². The molecule has 0 aromatic heterocycles. The maximum absolute atomic E-state index is 11.9. The third-order valence-electron chi connectivity index (χ3n) is 3.00. The van der Waals surface area contributed by atoms with E-state index in [4.69, 9.17) is 11.6 Å². The van der Waals surface area contributed by atoms with Crippen LogP contribution in [-0.2, 0) is 0 Å². The summed E-state index contributed by atoms with van der Waals surface area (Å²) in [5, 5.41) is 2.97. The fourth-order valence-corrected chi connectivity index (χ4v) is 2.40. The van der Waals surface area contributed by atoms with E-state index in [2.05, 4.69) is 12.2 Å². The van der Waals surface area contributed by atoms with E-state index in [1.807, 2.05) is 30.5 Å². The first-order valence-electron chi connectivity index (χ1n) is 6.19. The van der Waals surface area contributed by atoms with Crippen molar-refractivity contribution >= 4 is 29.3 Å². The maximum atomic E-state index is 11.9. The largest absolute Gasteiger partial charge is 0.352 e. The van der Waals surface area contributed by atoms with Crippen LogP contribution in [0.4, 0.5) is 0 Å². The lowest BCUT2D eigenvalue weighted by molar-refractivity contribution is 0.0946. The van der Waals surface area contributed by atoms with Crippen LogP contribution in [0, 0.1) is 5.92 Å². The standard InChI is InChI=1S/C14H20ClNOS/c1-3-11(8-9-15)10-16-14(17)12-4-6-13(18-2)7-5-12/h4-7,11H,3,8-10H2,1-2H3,(H,16,17). The SMILES string of the molecule is CCC(CCCl)CNC(=O)c1ccc(SC)cc1. The number of alkyl halides is 1. The highest BCUT2D eigenvalue weighted by Crippen LogP contribution is 2.15. The van der Waals surface area contributed by atoms with Gasteiger partial charge in [-0.05, 0) is 42.9 Å². The predicted molar refractivity (Wildman–Crippen MR) is 79.7 cm³/mol. The molecule has 1 amide bonds. The van der Waals surface area contributed by atoms with E-state index in [1.54, 1.807) is 11.8 Å². The van der Waals surface area contributed by atoms with E-state index < -0.39 is 0 Å². The highest BCUT2D eigenvalue weighted by atomic mass is 35.5. The number of benzene rings is 1. The Labute approximate surface area is 118 Å². The van der Waals surface area contributed by atoms with Gasteiger partial charge in [0.2, 0.25) is 0 Å². The maximum Gasteiger partial charge on any atom is 0.251 e. The zero-order valence-electron chi connectivity index (χ0n) is 10.9. The number of halogens is 1. The van der Waals surface area contributed by atoms with Crippen molar-refractivity contribution in [2.45, 2.75) is 24.7 Å². The minimum Gasteiger partial charge on any atom is -0.352 e. The molecule has 100 valence electrons. The van der Waals surface area contributed by atoms with Crippen molar-refractivity contribution < 1.29 is 4.79 Å². The molecule has 1 aromatic carbocycles. The van der Waals surface area contributed by atoms with E-state index in [9.17, 15) is 4.79 Å². The zero-order valence-corrected chi connectivity index (χ0v) is 12.5. The molecule has 1 N–H and O–H groups in total. The molecule has 2 nitrogen and oxygen atoms in total. The molecule has 1 rings (SSSR count). The number of carbonyl (C=O) groups is 1. The molecule has 1 unspecified atom stereocenters. The smallest absolute Gasteiger partial charge is 0.251 e. The van der Waals surface area contributed by atoms with Gasteiger partial charge in [0.25, 0.3) is 5.91 Å². The highest BCUT2D eigenvalue weighted by Gasteiger charge is 2.09. The molecule has 0 fully saturated rings. The van der Waals surface area contributed by atoms with Crippen molar-refractivity contribution in [2.75, 3.05) is 18.7 Å². The molecule has 0 radical (unpaired) electrons. The van der Waals surface area contributed by atoms with Crippen molar-refractivity contribution in [2.24, 2.45) is 5.92 Å². The van der Waals surface area contributed by atoms with Gasteiger partial charge in [0.05, 0.1) is 0 Å². The summed E-state index contributed by atoms with van der Waals surface area (Å²) in [5.41, 5.74) is 0.716. The summed E-state index contributed by atoms with van der Waals surface area (Å²) in [5.74, 6) is 1.11. The van der Waals surface area contributed by atoms with Gasteiger partial charge in [0.1, 0.15) is 0 Å². The van der Waals surface area contributed by atoms with Gasteiger partial charge in [0.15, 0.2) is 0 Å². The van der Waals surface area contributed by atoms with E-state index in [0.29, 0.717) is 23.9 Å². The summed E-state index contributed by atoms with van der Waals surface area (Å²) in [6.07, 6.45) is 4.01. The van der Waals surface area contributed by atoms with E-state index in [0.717, 1.165) is 12.8 Å². The first-order valence-corrected chi connectivity index (χ1v) is 7.95. The van der Waals surface area contributed by atoms with Crippen molar-refractivity contribution in [3.05, 3.63) is 29.8 Å². The summed E-state index contributed by atoms with van der Waals surface area (Å²) in [6.45, 7) is 2.82. The average molecular weight is 286 g/mol. The molecule has 4 heteroatoms. The molecule has 0 saturated heterocycles. The van der Waals surface area contributed by atoms with Gasteiger partial charge in [-0.25, -0.2) is 0 Å². The topological polar surface area (TPSA) is 29.1 Å². The Kier molecular flexibility index (Phi) is 7.21. The summed E-state index contributed by atoms with van der Waals surface area (Å²) in [4.78, 5) is 13.1. The Morgan fingerprint density at radius 3 is 2.56 bits per heavy atom. The number of nitrogens with one attached hydrogen (secondary N) is 1. The number of thioether (sulfide) groups is 1. The van der Waals surface area contributed by atoms with Crippen molar-refractivity contribution in [1.29, 1.82) is 0 Å². The Hall–Kier alpha value is -0.670. The van der Waals surface area contributed by atoms with Gasteiger partial charge >= 0.3 is 0 Å². The van der Waals surface area contributed by atoms with Gasteiger partial charge in [-0.15, -0.1) is 23.4 Å². The van der Waals surface area contributed by atoms with Crippen LogP contribution < -0.4 is 5.32 Å². The fourth-order valence-electron chi connectivity index (χ4n) is 1.69. The molecule has 1 atom stereocenters. The van der Waals surface area contributed by atoms with Gasteiger partial charge in [0, 0.05) is 22.9 Å². The molecular formula is C14H20ClNOS. The minimum atomic E-state index is -0.00400. The van der Waals surface area contributed by atoms with Crippen LogP contribution in [0.2, 0.25) is 0 Å². The summed E-state index contributed by atoms with van der Waals surface area (Å²) in [7, 11) is 0. The monoisotopic (exact) mass is 285 g/mol. The van der Waals surface area contributed by atoms with Crippen LogP contribution in [0.25, 0.3) is 0 Å². The zero-order chi connectivity index (χ0) is 13.4. The first-order chi connectivity index (χ1) is 8.71. The lowest BCUT2D eigenvalue weighted by Crippen LogP contribution is -2.29. The summed E-state index contributed by atoms with van der Waals surface area (Å²) in [6, 6.07) is 7.67. The number of hydrogen-bond acceptors (Lipinski definition) is 2. The average Bonchev–Trinajstić information content (AvgIpc) is 2.43. The number of rotatable bonds is 7. The van der Waals surface area contributed by atoms with Crippen LogP contribution in [-0.4, -0.2) is 24.6 Å². The molecule has 0 aliphatic heterocycles. The number of amides is 1. The minimum absolute atomic E-state index is 0.00400. The molecule has 1 aromatic rings. The van der Waals surface area contributed by atoms with Crippen LogP contribution >= 0.6 is 23.4 Å². The Bertz CT molecular complexity index is 367. The lowest BCUT2D eigenvalue weighted by atomic mass is 10.0. The molecule has 0 saturated carbocycles. The van der Waals surface area contributed by atoms with Gasteiger partial charge in [-0.1, -0.05) is 13.3 Å². The summed E-state index contributed by atoms with van der Waals surface area (Å²) >= 11 is 7.40. The third kappa shape index (κ3) is 4.91. The third-order valence-corrected chi connectivity index (χ3v) is 3.96. The quantitative estimate of drug-likeness (QED) is 0.610. The molecule has 0 aliphatic rings. The molecule has 0 heterocycles. The van der Waals surface area contributed by atoms with Crippen molar-refractivity contribution in [3.8, 4) is 0 Å². The molecule has 18 heavy (non-hydrogen) atoms. The van der Waals surface area contributed by atoms with Crippen molar-refractivity contribution in [3.63, 3.8) is 0 Å². The van der Waals surface area contributed by atoms with Crippen LogP contribution in [0.5, 0.6) is 0 Å². The number of hydrogen-bond donors (Lipinski definition) is 1.